The SMILES string of the molecule is C=CCN1C(=O)[C@@H]2C[C@@H](C(=O)N(CC=C)[C@@]2(O)CC=C)[C@]1(O)CC=C. The van der Waals surface area contributed by atoms with Crippen molar-refractivity contribution in [1.29, 1.82) is 0 Å². The Kier molecular flexibility index (Phi) is 5.34. The van der Waals surface area contributed by atoms with Crippen LogP contribution in [0.15, 0.2) is 50.6 Å². The minimum Gasteiger partial charge on any atom is -0.370 e. The summed E-state index contributed by atoms with van der Waals surface area (Å²) in [7, 11) is 0. The molecule has 6 heteroatoms. The van der Waals surface area contributed by atoms with Crippen LogP contribution in [0.3, 0.4) is 0 Å². The van der Waals surface area contributed by atoms with Crippen LogP contribution in [0.2, 0.25) is 0 Å². The largest absolute Gasteiger partial charge is 0.370 e. The molecular formula is C19H26N2O4. The fraction of sp³-hybridized carbons (Fsp3) is 0.474. The lowest BCUT2D eigenvalue weighted by Gasteiger charge is -2.59. The lowest BCUT2D eigenvalue weighted by atomic mass is 9.68. The molecule has 6 nitrogen and oxygen atoms in total. The Morgan fingerprint density at radius 3 is 1.48 bits per heavy atom. The normalized spacial score (nSPS) is 34.6. The Balaban J connectivity index is 2.61. The summed E-state index contributed by atoms with van der Waals surface area (Å²) < 4.78 is 0. The van der Waals surface area contributed by atoms with Crippen molar-refractivity contribution in [3.8, 4) is 0 Å². The zero-order valence-corrected chi connectivity index (χ0v) is 14.4. The molecule has 2 heterocycles. The second-order valence-corrected chi connectivity index (χ2v) is 6.56. The Morgan fingerprint density at radius 2 is 1.20 bits per heavy atom. The van der Waals surface area contributed by atoms with Crippen molar-refractivity contribution in [2.45, 2.75) is 30.7 Å². The molecule has 2 saturated heterocycles. The van der Waals surface area contributed by atoms with E-state index in [0.29, 0.717) is 0 Å². The van der Waals surface area contributed by atoms with Crippen LogP contribution in [0.5, 0.6) is 0 Å². The van der Waals surface area contributed by atoms with Crippen LogP contribution < -0.4 is 0 Å². The van der Waals surface area contributed by atoms with Crippen LogP contribution in [0.25, 0.3) is 0 Å². The van der Waals surface area contributed by atoms with Gasteiger partial charge in [0, 0.05) is 25.9 Å². The minimum absolute atomic E-state index is 0.0531. The van der Waals surface area contributed by atoms with Crippen molar-refractivity contribution in [1.82, 2.24) is 9.80 Å². The highest BCUT2D eigenvalue weighted by Crippen LogP contribution is 2.48. The first-order valence-corrected chi connectivity index (χ1v) is 8.33. The minimum atomic E-state index is -1.68. The molecule has 2 aliphatic heterocycles. The number of carbonyl (C=O) groups is 2. The zero-order valence-electron chi connectivity index (χ0n) is 14.4. The topological polar surface area (TPSA) is 81.1 Å². The van der Waals surface area contributed by atoms with E-state index >= 15 is 0 Å². The summed E-state index contributed by atoms with van der Waals surface area (Å²) in [6.07, 6.45) is 6.14. The van der Waals surface area contributed by atoms with Crippen LogP contribution in [-0.2, 0) is 9.59 Å². The third-order valence-electron chi connectivity index (χ3n) is 5.16. The predicted octanol–water partition coefficient (Wildman–Crippen LogP) is 1.19. The molecule has 0 saturated carbocycles. The Morgan fingerprint density at radius 1 is 0.840 bits per heavy atom. The van der Waals surface area contributed by atoms with Gasteiger partial charge in [-0.1, -0.05) is 24.3 Å². The van der Waals surface area contributed by atoms with E-state index in [-0.39, 0.29) is 32.4 Å². The van der Waals surface area contributed by atoms with Crippen molar-refractivity contribution in [2.24, 2.45) is 11.8 Å². The molecular weight excluding hydrogens is 320 g/mol. The van der Waals surface area contributed by atoms with Gasteiger partial charge in [0.15, 0.2) is 11.4 Å². The van der Waals surface area contributed by atoms with Crippen molar-refractivity contribution >= 4 is 11.8 Å². The van der Waals surface area contributed by atoms with E-state index in [1.807, 2.05) is 0 Å². The number of piperidine rings is 2. The van der Waals surface area contributed by atoms with Gasteiger partial charge in [-0.15, -0.1) is 26.3 Å². The first-order chi connectivity index (χ1) is 11.8. The summed E-state index contributed by atoms with van der Waals surface area (Å²) in [6, 6.07) is 0. The molecule has 0 aliphatic carbocycles. The molecule has 2 bridgehead atoms. The van der Waals surface area contributed by atoms with Gasteiger partial charge in [0.2, 0.25) is 11.8 Å². The quantitative estimate of drug-likeness (QED) is 0.647. The standard InChI is InChI=1S/C19H26N2O4/c1-5-9-18(24)14-13-15(17(23)20(18)11-7-3)19(25,10-6-2)21(12-8-4)16(14)22/h5-8,14-15,24-25H,1-4,9-13H2/t14-,15-,18+,19+/m0/s1. The highest BCUT2D eigenvalue weighted by Gasteiger charge is 2.64. The molecule has 0 spiro atoms. The van der Waals surface area contributed by atoms with Crippen LogP contribution in [0.4, 0.5) is 0 Å². The van der Waals surface area contributed by atoms with Gasteiger partial charge in [0.25, 0.3) is 0 Å². The Hall–Kier alpha value is -2.18. The molecule has 0 aromatic carbocycles. The molecule has 0 aromatic heterocycles. The number of hydrogen-bond donors (Lipinski definition) is 2. The van der Waals surface area contributed by atoms with Crippen LogP contribution >= 0.6 is 0 Å². The summed E-state index contributed by atoms with van der Waals surface area (Å²) in [5, 5.41) is 22.4. The van der Waals surface area contributed by atoms with Crippen molar-refractivity contribution in [2.75, 3.05) is 13.1 Å². The van der Waals surface area contributed by atoms with Gasteiger partial charge in [-0.05, 0) is 6.42 Å². The van der Waals surface area contributed by atoms with E-state index in [9.17, 15) is 19.8 Å². The van der Waals surface area contributed by atoms with Gasteiger partial charge in [0.1, 0.15) is 0 Å². The summed E-state index contributed by atoms with van der Waals surface area (Å²) in [5.41, 5.74) is -3.37. The number of amides is 2. The number of likely N-dealkylation sites (tertiary alicyclic amines) is 2. The fourth-order valence-electron chi connectivity index (χ4n) is 4.03. The summed E-state index contributed by atoms with van der Waals surface area (Å²) in [6.45, 7) is 14.7. The third kappa shape index (κ3) is 2.75. The lowest BCUT2D eigenvalue weighted by molar-refractivity contribution is -0.247. The van der Waals surface area contributed by atoms with E-state index in [1.165, 1.54) is 34.1 Å². The van der Waals surface area contributed by atoms with E-state index < -0.39 is 35.1 Å². The van der Waals surface area contributed by atoms with E-state index in [1.54, 1.807) is 0 Å². The van der Waals surface area contributed by atoms with Crippen molar-refractivity contribution in [3.05, 3.63) is 50.6 Å². The van der Waals surface area contributed by atoms with Gasteiger partial charge in [-0.3, -0.25) is 9.59 Å². The first kappa shape index (κ1) is 19.1. The maximum absolute atomic E-state index is 13.1. The monoisotopic (exact) mass is 346 g/mol. The molecule has 0 unspecified atom stereocenters. The van der Waals surface area contributed by atoms with Crippen molar-refractivity contribution < 1.29 is 19.8 Å². The summed E-state index contributed by atoms with van der Waals surface area (Å²) in [5.74, 6) is -2.52. The number of aliphatic hydroxyl groups is 2. The average molecular weight is 346 g/mol. The average Bonchev–Trinajstić information content (AvgIpc) is 2.55. The lowest BCUT2D eigenvalue weighted by Crippen LogP contribution is -2.75. The maximum atomic E-state index is 13.1. The Labute approximate surface area is 148 Å². The van der Waals surface area contributed by atoms with E-state index in [2.05, 4.69) is 26.3 Å². The van der Waals surface area contributed by atoms with Gasteiger partial charge in [0.05, 0.1) is 11.8 Å². The van der Waals surface area contributed by atoms with Gasteiger partial charge >= 0.3 is 0 Å². The summed E-state index contributed by atoms with van der Waals surface area (Å²) >= 11 is 0. The highest BCUT2D eigenvalue weighted by molar-refractivity contribution is 5.91. The maximum Gasteiger partial charge on any atom is 0.233 e. The molecule has 0 radical (unpaired) electrons. The third-order valence-corrected chi connectivity index (χ3v) is 5.16. The highest BCUT2D eigenvalue weighted by atomic mass is 16.3. The van der Waals surface area contributed by atoms with Crippen LogP contribution in [0.1, 0.15) is 19.3 Å². The van der Waals surface area contributed by atoms with Crippen LogP contribution in [0, 0.1) is 11.8 Å². The number of nitrogens with zero attached hydrogens (tertiary/aromatic N) is 2. The molecule has 2 aliphatic rings. The molecule has 2 rings (SSSR count). The molecule has 0 aromatic rings. The molecule has 136 valence electrons. The molecule has 2 N–H and O–H groups in total. The molecule has 25 heavy (non-hydrogen) atoms. The number of carbonyl (C=O) groups excluding carboxylic acids is 2. The summed E-state index contributed by atoms with van der Waals surface area (Å²) in [4.78, 5) is 28.6. The number of rotatable bonds is 8. The van der Waals surface area contributed by atoms with E-state index in [0.717, 1.165) is 0 Å². The van der Waals surface area contributed by atoms with E-state index in [4.69, 9.17) is 0 Å². The first-order valence-electron chi connectivity index (χ1n) is 8.33. The zero-order chi connectivity index (χ0) is 18.8. The number of fused-ring (bicyclic) bond motifs is 2. The van der Waals surface area contributed by atoms with Gasteiger partial charge in [-0.2, -0.15) is 0 Å². The molecule has 2 amide bonds. The van der Waals surface area contributed by atoms with Crippen LogP contribution in [-0.4, -0.2) is 56.4 Å². The fourth-order valence-corrected chi connectivity index (χ4v) is 4.03. The number of hydrogen-bond acceptors (Lipinski definition) is 4. The van der Waals surface area contributed by atoms with Gasteiger partial charge < -0.3 is 20.0 Å². The van der Waals surface area contributed by atoms with Crippen molar-refractivity contribution in [3.63, 3.8) is 0 Å². The molecule has 4 atom stereocenters. The van der Waals surface area contributed by atoms with Gasteiger partial charge in [-0.25, -0.2) is 0 Å². The molecule has 2 fully saturated rings. The smallest absolute Gasteiger partial charge is 0.233 e. The second-order valence-electron chi connectivity index (χ2n) is 6.56. The Bertz CT molecular complexity index is 565. The second kappa shape index (κ2) is 6.98. The predicted molar refractivity (Wildman–Crippen MR) is 94.9 cm³/mol.